The van der Waals surface area contributed by atoms with E-state index in [1.54, 1.807) is 11.3 Å². The molecule has 2 aromatic heterocycles. The van der Waals surface area contributed by atoms with E-state index in [0.29, 0.717) is 0 Å². The Labute approximate surface area is 108 Å². The number of benzene rings is 2. The number of fused-ring (bicyclic) bond motifs is 3. The lowest BCUT2D eigenvalue weighted by atomic mass is 10.2. The highest BCUT2D eigenvalue weighted by atomic mass is 32.1. The molecule has 2 heterocycles. The van der Waals surface area contributed by atoms with Crippen LogP contribution in [0.4, 0.5) is 0 Å². The zero-order valence-corrected chi connectivity index (χ0v) is 10.4. The monoisotopic (exact) mass is 250 g/mol. The molecule has 0 N–H and O–H groups in total. The van der Waals surface area contributed by atoms with Crippen LogP contribution in [0, 0.1) is 0 Å². The molecule has 0 unspecified atom stereocenters. The van der Waals surface area contributed by atoms with E-state index in [9.17, 15) is 0 Å². The van der Waals surface area contributed by atoms with Gasteiger partial charge < -0.3 is 0 Å². The van der Waals surface area contributed by atoms with Crippen molar-refractivity contribution in [1.29, 1.82) is 0 Å². The SMILES string of the molecule is c1ccc(-c2cn3c(nc4ccccc43)s2)cc1. The second kappa shape index (κ2) is 3.68. The van der Waals surface area contributed by atoms with Crippen LogP contribution in [0.5, 0.6) is 0 Å². The Balaban J connectivity index is 2.00. The number of rotatable bonds is 1. The number of thiazole rings is 1. The van der Waals surface area contributed by atoms with Gasteiger partial charge in [-0.3, -0.25) is 4.40 Å². The molecule has 0 fully saturated rings. The van der Waals surface area contributed by atoms with Gasteiger partial charge in [0.15, 0.2) is 4.96 Å². The second-order valence-electron chi connectivity index (χ2n) is 4.21. The molecule has 2 nitrogen and oxygen atoms in total. The van der Waals surface area contributed by atoms with Crippen molar-refractivity contribution in [3.05, 3.63) is 60.8 Å². The van der Waals surface area contributed by atoms with Crippen LogP contribution in [0.25, 0.3) is 26.4 Å². The summed E-state index contributed by atoms with van der Waals surface area (Å²) >= 11 is 1.73. The smallest absolute Gasteiger partial charge is 0.195 e. The Bertz CT molecular complexity index is 827. The molecule has 0 amide bonds. The lowest BCUT2D eigenvalue weighted by Crippen LogP contribution is -1.76. The van der Waals surface area contributed by atoms with Gasteiger partial charge in [-0.15, -0.1) is 0 Å². The standard InChI is InChI=1S/C15H10N2S/c1-2-6-11(7-3-1)14-10-17-13-9-5-4-8-12(13)16-15(17)18-14/h1-10H. The Morgan fingerprint density at radius 3 is 2.56 bits per heavy atom. The van der Waals surface area contributed by atoms with Crippen LogP contribution in [-0.4, -0.2) is 9.38 Å². The fourth-order valence-corrected chi connectivity index (χ4v) is 3.20. The third-order valence-corrected chi connectivity index (χ3v) is 4.10. The number of hydrogen-bond donors (Lipinski definition) is 0. The van der Waals surface area contributed by atoms with Crippen LogP contribution < -0.4 is 0 Å². The molecule has 0 saturated heterocycles. The maximum absolute atomic E-state index is 4.64. The van der Waals surface area contributed by atoms with Crippen LogP contribution in [-0.2, 0) is 0 Å². The normalized spacial score (nSPS) is 11.3. The maximum atomic E-state index is 4.64. The minimum atomic E-state index is 1.05. The number of hydrogen-bond acceptors (Lipinski definition) is 2. The van der Waals surface area contributed by atoms with Crippen LogP contribution in [0.3, 0.4) is 0 Å². The highest BCUT2D eigenvalue weighted by molar-refractivity contribution is 7.20. The molecular weight excluding hydrogens is 240 g/mol. The third-order valence-electron chi connectivity index (χ3n) is 3.07. The Hall–Kier alpha value is -2.13. The van der Waals surface area contributed by atoms with E-state index in [2.05, 4.69) is 58.0 Å². The average molecular weight is 250 g/mol. The largest absolute Gasteiger partial charge is 0.290 e. The number of para-hydroxylation sites is 2. The van der Waals surface area contributed by atoms with Crippen molar-refractivity contribution in [3.8, 4) is 10.4 Å². The van der Waals surface area contributed by atoms with E-state index in [1.165, 1.54) is 16.0 Å². The molecule has 0 bridgehead atoms. The van der Waals surface area contributed by atoms with Crippen LogP contribution >= 0.6 is 11.3 Å². The molecule has 0 spiro atoms. The van der Waals surface area contributed by atoms with E-state index in [-0.39, 0.29) is 0 Å². The maximum Gasteiger partial charge on any atom is 0.195 e. The van der Waals surface area contributed by atoms with Gasteiger partial charge in [-0.25, -0.2) is 4.98 Å². The van der Waals surface area contributed by atoms with Gasteiger partial charge in [0, 0.05) is 6.20 Å². The lowest BCUT2D eigenvalue weighted by molar-refractivity contribution is 1.28. The van der Waals surface area contributed by atoms with Crippen LogP contribution in [0.1, 0.15) is 0 Å². The van der Waals surface area contributed by atoms with Gasteiger partial charge in [0.1, 0.15) is 0 Å². The summed E-state index contributed by atoms with van der Waals surface area (Å²) in [6.07, 6.45) is 2.17. The first kappa shape index (κ1) is 9.85. The molecule has 0 aliphatic carbocycles. The van der Waals surface area contributed by atoms with E-state index in [4.69, 9.17) is 0 Å². The molecule has 86 valence electrons. The van der Waals surface area contributed by atoms with E-state index in [1.807, 2.05) is 12.1 Å². The summed E-state index contributed by atoms with van der Waals surface area (Å²) in [5, 5.41) is 0. The third kappa shape index (κ3) is 1.38. The van der Waals surface area contributed by atoms with E-state index >= 15 is 0 Å². The highest BCUT2D eigenvalue weighted by Crippen LogP contribution is 2.30. The van der Waals surface area contributed by atoms with Gasteiger partial charge in [0.05, 0.1) is 15.9 Å². The van der Waals surface area contributed by atoms with Gasteiger partial charge in [0.25, 0.3) is 0 Å². The van der Waals surface area contributed by atoms with Gasteiger partial charge >= 0.3 is 0 Å². The lowest BCUT2D eigenvalue weighted by Gasteiger charge is -1.94. The van der Waals surface area contributed by atoms with Gasteiger partial charge in [0.2, 0.25) is 0 Å². The summed E-state index contributed by atoms with van der Waals surface area (Å²) in [6, 6.07) is 18.7. The summed E-state index contributed by atoms with van der Waals surface area (Å²) in [6.45, 7) is 0. The molecule has 3 heteroatoms. The molecule has 0 saturated carbocycles. The van der Waals surface area contributed by atoms with Gasteiger partial charge in [-0.1, -0.05) is 53.8 Å². The van der Waals surface area contributed by atoms with Crippen molar-refractivity contribution >= 4 is 27.3 Å². The summed E-state index contributed by atoms with van der Waals surface area (Å²) in [5.74, 6) is 0. The summed E-state index contributed by atoms with van der Waals surface area (Å²) in [7, 11) is 0. The fourth-order valence-electron chi connectivity index (χ4n) is 2.20. The van der Waals surface area contributed by atoms with E-state index in [0.717, 1.165) is 10.5 Å². The first-order valence-corrected chi connectivity index (χ1v) is 6.65. The number of imidazole rings is 1. The van der Waals surface area contributed by atoms with Crippen LogP contribution in [0.15, 0.2) is 60.8 Å². The predicted octanol–water partition coefficient (Wildman–Crippen LogP) is 4.22. The van der Waals surface area contributed by atoms with Gasteiger partial charge in [-0.05, 0) is 17.7 Å². The fraction of sp³-hybridized carbons (Fsp3) is 0. The minimum absolute atomic E-state index is 1.05. The zero-order chi connectivity index (χ0) is 11.9. The van der Waals surface area contributed by atoms with Crippen molar-refractivity contribution in [1.82, 2.24) is 9.38 Å². The topological polar surface area (TPSA) is 17.3 Å². The molecule has 0 aliphatic rings. The Morgan fingerprint density at radius 1 is 0.889 bits per heavy atom. The summed E-state index contributed by atoms with van der Waals surface area (Å²) in [5.41, 5.74) is 3.48. The van der Waals surface area contributed by atoms with Crippen molar-refractivity contribution in [3.63, 3.8) is 0 Å². The van der Waals surface area contributed by atoms with E-state index < -0.39 is 0 Å². The average Bonchev–Trinajstić information content (AvgIpc) is 2.97. The molecular formula is C15H10N2S. The summed E-state index contributed by atoms with van der Waals surface area (Å²) < 4.78 is 2.17. The number of nitrogens with zero attached hydrogens (tertiary/aromatic N) is 2. The summed E-state index contributed by atoms with van der Waals surface area (Å²) in [4.78, 5) is 6.95. The number of aromatic nitrogens is 2. The molecule has 0 radical (unpaired) electrons. The second-order valence-corrected chi connectivity index (χ2v) is 5.22. The molecule has 4 aromatic rings. The van der Waals surface area contributed by atoms with Gasteiger partial charge in [-0.2, -0.15) is 0 Å². The quantitative estimate of drug-likeness (QED) is 0.494. The zero-order valence-electron chi connectivity index (χ0n) is 9.58. The molecule has 4 rings (SSSR count). The highest BCUT2D eigenvalue weighted by Gasteiger charge is 2.08. The van der Waals surface area contributed by atoms with Crippen molar-refractivity contribution in [2.75, 3.05) is 0 Å². The van der Waals surface area contributed by atoms with Crippen molar-refractivity contribution in [2.24, 2.45) is 0 Å². The molecule has 2 aromatic carbocycles. The Kier molecular flexibility index (Phi) is 2.02. The van der Waals surface area contributed by atoms with Crippen LogP contribution in [0.2, 0.25) is 0 Å². The predicted molar refractivity (Wildman–Crippen MR) is 76.0 cm³/mol. The minimum Gasteiger partial charge on any atom is -0.290 e. The Morgan fingerprint density at radius 2 is 1.67 bits per heavy atom. The molecule has 0 aliphatic heterocycles. The first-order valence-electron chi connectivity index (χ1n) is 5.84. The molecule has 18 heavy (non-hydrogen) atoms. The molecule has 0 atom stereocenters. The first-order chi connectivity index (χ1) is 8.92. The van der Waals surface area contributed by atoms with Crippen molar-refractivity contribution < 1.29 is 0 Å². The van der Waals surface area contributed by atoms with Crippen molar-refractivity contribution in [2.45, 2.75) is 0 Å².